The molecule has 0 saturated heterocycles. The van der Waals surface area contributed by atoms with Crippen molar-refractivity contribution in [1.29, 1.82) is 0 Å². The van der Waals surface area contributed by atoms with Gasteiger partial charge in [-0.05, 0) is 40.5 Å². The highest BCUT2D eigenvalue weighted by Crippen LogP contribution is 2.29. The zero-order valence-electron chi connectivity index (χ0n) is 10.5. The smallest absolute Gasteiger partial charge is 0.0346 e. The van der Waals surface area contributed by atoms with Crippen LogP contribution in [0.4, 0.5) is 0 Å². The van der Waals surface area contributed by atoms with Crippen LogP contribution in [0, 0.1) is 0 Å². The Morgan fingerprint density at radius 1 is 1.00 bits per heavy atom. The Morgan fingerprint density at radius 2 is 1.75 bits per heavy atom. The van der Waals surface area contributed by atoms with Crippen LogP contribution >= 0.6 is 0 Å². The lowest BCUT2D eigenvalue weighted by Crippen LogP contribution is -1.95. The van der Waals surface area contributed by atoms with Gasteiger partial charge in [-0.15, -0.1) is 0 Å². The molecular weight excluding hydrogens is 194 g/mol. The van der Waals surface area contributed by atoms with E-state index < -0.39 is 0 Å². The van der Waals surface area contributed by atoms with Gasteiger partial charge in [0.2, 0.25) is 0 Å². The minimum absolute atomic E-state index is 0.559. The second-order valence-corrected chi connectivity index (χ2v) is 5.02. The Balaban J connectivity index is 2.74. The molecule has 0 saturated carbocycles. The molecule has 0 spiro atoms. The standard InChI is InChI=1S/C15H19N/c1-10(2)12-7-13-9-16-6-5-14(13)15(8-12)11(3)4/h5-11H,1-4H3. The molecule has 0 fully saturated rings. The van der Waals surface area contributed by atoms with Crippen molar-refractivity contribution in [2.45, 2.75) is 39.5 Å². The first-order valence-electron chi connectivity index (χ1n) is 5.97. The highest BCUT2D eigenvalue weighted by atomic mass is 14.6. The summed E-state index contributed by atoms with van der Waals surface area (Å²) in [5, 5.41) is 2.60. The molecule has 1 nitrogen and oxygen atoms in total. The molecule has 1 heterocycles. The summed E-state index contributed by atoms with van der Waals surface area (Å²) >= 11 is 0. The van der Waals surface area contributed by atoms with Crippen LogP contribution in [0.15, 0.2) is 30.6 Å². The topological polar surface area (TPSA) is 12.9 Å². The summed E-state index contributed by atoms with van der Waals surface area (Å²) in [4.78, 5) is 4.21. The predicted octanol–water partition coefficient (Wildman–Crippen LogP) is 4.48. The van der Waals surface area contributed by atoms with Crippen LogP contribution in [0.5, 0.6) is 0 Å². The van der Waals surface area contributed by atoms with Gasteiger partial charge in [0.05, 0.1) is 0 Å². The van der Waals surface area contributed by atoms with Crippen molar-refractivity contribution in [1.82, 2.24) is 4.98 Å². The number of fused-ring (bicyclic) bond motifs is 1. The van der Waals surface area contributed by atoms with Crippen LogP contribution in [-0.2, 0) is 0 Å². The van der Waals surface area contributed by atoms with Crippen LogP contribution in [0.2, 0.25) is 0 Å². The molecule has 2 rings (SSSR count). The maximum Gasteiger partial charge on any atom is 0.0346 e. The van der Waals surface area contributed by atoms with E-state index in [1.165, 1.54) is 21.9 Å². The minimum Gasteiger partial charge on any atom is -0.264 e. The van der Waals surface area contributed by atoms with E-state index in [4.69, 9.17) is 0 Å². The SMILES string of the molecule is CC(C)c1cc(C(C)C)c2ccncc2c1. The minimum atomic E-state index is 0.559. The first kappa shape index (κ1) is 11.1. The molecule has 16 heavy (non-hydrogen) atoms. The van der Waals surface area contributed by atoms with E-state index in [0.29, 0.717) is 11.8 Å². The lowest BCUT2D eigenvalue weighted by Gasteiger charge is -2.14. The van der Waals surface area contributed by atoms with E-state index in [9.17, 15) is 0 Å². The van der Waals surface area contributed by atoms with Gasteiger partial charge in [0.1, 0.15) is 0 Å². The Labute approximate surface area is 97.5 Å². The molecule has 2 aromatic rings. The molecule has 1 aromatic carbocycles. The molecule has 1 aromatic heterocycles. The number of aromatic nitrogens is 1. The summed E-state index contributed by atoms with van der Waals surface area (Å²) in [5.41, 5.74) is 2.84. The molecule has 0 radical (unpaired) electrons. The van der Waals surface area contributed by atoms with Gasteiger partial charge in [0, 0.05) is 17.8 Å². The Hall–Kier alpha value is -1.37. The van der Waals surface area contributed by atoms with Gasteiger partial charge in [-0.3, -0.25) is 4.98 Å². The van der Waals surface area contributed by atoms with E-state index in [1.54, 1.807) is 0 Å². The monoisotopic (exact) mass is 213 g/mol. The third-order valence-corrected chi connectivity index (χ3v) is 3.10. The molecule has 0 unspecified atom stereocenters. The fourth-order valence-electron chi connectivity index (χ4n) is 2.07. The number of rotatable bonds is 2. The summed E-state index contributed by atoms with van der Waals surface area (Å²) in [5.74, 6) is 1.13. The number of hydrogen-bond donors (Lipinski definition) is 0. The van der Waals surface area contributed by atoms with Crippen LogP contribution in [0.3, 0.4) is 0 Å². The lowest BCUT2D eigenvalue weighted by atomic mass is 9.91. The van der Waals surface area contributed by atoms with Crippen LogP contribution in [0.25, 0.3) is 10.8 Å². The van der Waals surface area contributed by atoms with E-state index in [1.807, 2.05) is 12.4 Å². The molecule has 0 bridgehead atoms. The fourth-order valence-corrected chi connectivity index (χ4v) is 2.07. The first-order chi connectivity index (χ1) is 7.59. The number of hydrogen-bond acceptors (Lipinski definition) is 1. The summed E-state index contributed by atoms with van der Waals surface area (Å²) in [6.45, 7) is 8.97. The maximum atomic E-state index is 4.21. The summed E-state index contributed by atoms with van der Waals surface area (Å²) < 4.78 is 0. The molecular formula is C15H19N. The highest BCUT2D eigenvalue weighted by Gasteiger charge is 2.09. The summed E-state index contributed by atoms with van der Waals surface area (Å²) in [6, 6.07) is 6.73. The van der Waals surface area contributed by atoms with Crippen molar-refractivity contribution in [2.24, 2.45) is 0 Å². The van der Waals surface area contributed by atoms with Gasteiger partial charge in [0.25, 0.3) is 0 Å². The first-order valence-corrected chi connectivity index (χ1v) is 5.97. The Kier molecular flexibility index (Phi) is 2.95. The second kappa shape index (κ2) is 4.25. The molecule has 0 aliphatic rings. The average molecular weight is 213 g/mol. The van der Waals surface area contributed by atoms with Crippen molar-refractivity contribution in [3.05, 3.63) is 41.7 Å². The number of benzene rings is 1. The van der Waals surface area contributed by atoms with E-state index in [0.717, 1.165) is 0 Å². The molecule has 84 valence electrons. The predicted molar refractivity (Wildman–Crippen MR) is 69.9 cm³/mol. The summed E-state index contributed by atoms with van der Waals surface area (Å²) in [6.07, 6.45) is 3.84. The number of nitrogens with zero attached hydrogens (tertiary/aromatic N) is 1. The van der Waals surface area contributed by atoms with Gasteiger partial charge >= 0.3 is 0 Å². The van der Waals surface area contributed by atoms with E-state index >= 15 is 0 Å². The molecule has 0 aliphatic carbocycles. The molecule has 0 atom stereocenters. The van der Waals surface area contributed by atoms with Gasteiger partial charge in [-0.25, -0.2) is 0 Å². The molecule has 1 heteroatoms. The van der Waals surface area contributed by atoms with Crippen molar-refractivity contribution in [3.63, 3.8) is 0 Å². The third-order valence-electron chi connectivity index (χ3n) is 3.10. The van der Waals surface area contributed by atoms with Gasteiger partial charge in [-0.1, -0.05) is 33.8 Å². The summed E-state index contributed by atoms with van der Waals surface area (Å²) in [7, 11) is 0. The van der Waals surface area contributed by atoms with Gasteiger partial charge in [-0.2, -0.15) is 0 Å². The largest absolute Gasteiger partial charge is 0.264 e. The van der Waals surface area contributed by atoms with Crippen molar-refractivity contribution < 1.29 is 0 Å². The van der Waals surface area contributed by atoms with Crippen LogP contribution in [0.1, 0.15) is 50.7 Å². The number of pyridine rings is 1. The quantitative estimate of drug-likeness (QED) is 0.716. The third kappa shape index (κ3) is 1.95. The zero-order valence-corrected chi connectivity index (χ0v) is 10.5. The second-order valence-electron chi connectivity index (χ2n) is 5.02. The van der Waals surface area contributed by atoms with E-state index in [2.05, 4.69) is 50.9 Å². The lowest BCUT2D eigenvalue weighted by molar-refractivity contribution is 0.841. The van der Waals surface area contributed by atoms with Crippen molar-refractivity contribution in [2.75, 3.05) is 0 Å². The average Bonchev–Trinajstić information content (AvgIpc) is 2.27. The van der Waals surface area contributed by atoms with E-state index in [-0.39, 0.29) is 0 Å². The normalized spacial score (nSPS) is 11.6. The fraction of sp³-hybridized carbons (Fsp3) is 0.400. The molecule has 0 amide bonds. The van der Waals surface area contributed by atoms with Crippen molar-refractivity contribution in [3.8, 4) is 0 Å². The van der Waals surface area contributed by atoms with Crippen molar-refractivity contribution >= 4 is 10.8 Å². The molecule has 0 aliphatic heterocycles. The zero-order chi connectivity index (χ0) is 11.7. The maximum absolute atomic E-state index is 4.21. The van der Waals surface area contributed by atoms with Crippen LogP contribution in [-0.4, -0.2) is 4.98 Å². The Morgan fingerprint density at radius 3 is 2.38 bits per heavy atom. The molecule has 0 N–H and O–H groups in total. The van der Waals surface area contributed by atoms with Gasteiger partial charge < -0.3 is 0 Å². The van der Waals surface area contributed by atoms with Gasteiger partial charge in [0.15, 0.2) is 0 Å². The Bertz CT molecular complexity index is 498. The highest BCUT2D eigenvalue weighted by molar-refractivity contribution is 5.86. The van der Waals surface area contributed by atoms with Crippen LogP contribution < -0.4 is 0 Å².